The molecule has 2 rings (SSSR count). The second-order valence-corrected chi connectivity index (χ2v) is 4.01. The van der Waals surface area contributed by atoms with Gasteiger partial charge in [-0.1, -0.05) is 6.07 Å². The number of carboxylic acid groups (broad SMARTS) is 1. The van der Waals surface area contributed by atoms with E-state index in [1.807, 2.05) is 0 Å². The van der Waals surface area contributed by atoms with Crippen LogP contribution < -0.4 is 10.1 Å². The lowest BCUT2D eigenvalue weighted by Crippen LogP contribution is -2.16. The third-order valence-electron chi connectivity index (χ3n) is 2.78. The van der Waals surface area contributed by atoms with E-state index in [0.29, 0.717) is 17.9 Å². The van der Waals surface area contributed by atoms with Gasteiger partial charge in [0.2, 0.25) is 5.91 Å². The molecule has 0 radical (unpaired) electrons. The normalized spacial score (nSPS) is 21.7. The van der Waals surface area contributed by atoms with Crippen molar-refractivity contribution in [1.29, 1.82) is 0 Å². The van der Waals surface area contributed by atoms with Crippen LogP contribution in [0.2, 0.25) is 0 Å². The molecule has 0 aromatic heterocycles. The molecule has 0 spiro atoms. The van der Waals surface area contributed by atoms with Crippen molar-refractivity contribution >= 4 is 17.6 Å². The molecular formula is C12H13NO4. The summed E-state index contributed by atoms with van der Waals surface area (Å²) < 4.78 is 5.03. The van der Waals surface area contributed by atoms with Crippen LogP contribution in [0.3, 0.4) is 0 Å². The van der Waals surface area contributed by atoms with Gasteiger partial charge in [0.15, 0.2) is 0 Å². The maximum atomic E-state index is 11.7. The average Bonchev–Trinajstić information content (AvgIpc) is 3.09. The lowest BCUT2D eigenvalue weighted by Gasteiger charge is -2.06. The highest BCUT2D eigenvalue weighted by molar-refractivity contribution is 5.98. The molecule has 5 nitrogen and oxygen atoms in total. The maximum Gasteiger partial charge on any atom is 0.307 e. The minimum atomic E-state index is -0.907. The van der Waals surface area contributed by atoms with Gasteiger partial charge in [-0.25, -0.2) is 0 Å². The van der Waals surface area contributed by atoms with Gasteiger partial charge in [-0.3, -0.25) is 9.59 Å². The molecule has 5 heteroatoms. The first-order chi connectivity index (χ1) is 8.11. The van der Waals surface area contributed by atoms with Crippen LogP contribution in [-0.2, 0) is 9.59 Å². The van der Waals surface area contributed by atoms with Crippen LogP contribution in [-0.4, -0.2) is 24.1 Å². The highest BCUT2D eigenvalue weighted by Gasteiger charge is 2.48. The fraction of sp³-hybridized carbons (Fsp3) is 0.333. The summed E-state index contributed by atoms with van der Waals surface area (Å²) in [6.07, 6.45) is 0.422. The number of aliphatic carboxylic acids is 1. The fourth-order valence-electron chi connectivity index (χ4n) is 1.69. The van der Waals surface area contributed by atoms with Crippen LogP contribution in [0.4, 0.5) is 5.69 Å². The third kappa shape index (κ3) is 2.55. The monoisotopic (exact) mass is 235 g/mol. The minimum absolute atomic E-state index is 0.245. The van der Waals surface area contributed by atoms with Gasteiger partial charge in [-0.15, -0.1) is 0 Å². The summed E-state index contributed by atoms with van der Waals surface area (Å²) in [6, 6.07) is 6.96. The number of hydrogen-bond donors (Lipinski definition) is 2. The number of nitrogens with one attached hydrogen (secondary N) is 1. The molecule has 1 amide bonds. The number of methoxy groups -OCH3 is 1. The van der Waals surface area contributed by atoms with E-state index < -0.39 is 17.8 Å². The number of carbonyl (C=O) groups excluding carboxylic acids is 1. The predicted molar refractivity (Wildman–Crippen MR) is 60.9 cm³/mol. The Morgan fingerprint density at radius 1 is 1.41 bits per heavy atom. The molecule has 1 aromatic carbocycles. The summed E-state index contributed by atoms with van der Waals surface area (Å²) >= 11 is 0. The second kappa shape index (κ2) is 4.45. The van der Waals surface area contributed by atoms with Gasteiger partial charge in [0.1, 0.15) is 5.75 Å². The Morgan fingerprint density at radius 3 is 2.76 bits per heavy atom. The van der Waals surface area contributed by atoms with Crippen molar-refractivity contribution < 1.29 is 19.4 Å². The van der Waals surface area contributed by atoms with Gasteiger partial charge >= 0.3 is 5.97 Å². The Hall–Kier alpha value is -2.04. The molecule has 1 aliphatic rings. The number of benzene rings is 1. The van der Waals surface area contributed by atoms with E-state index in [0.717, 1.165) is 0 Å². The fourth-order valence-corrected chi connectivity index (χ4v) is 1.69. The van der Waals surface area contributed by atoms with Crippen molar-refractivity contribution in [2.45, 2.75) is 6.42 Å². The topological polar surface area (TPSA) is 75.6 Å². The summed E-state index contributed by atoms with van der Waals surface area (Å²) in [7, 11) is 1.54. The molecule has 90 valence electrons. The Kier molecular flexibility index (Phi) is 2.99. The van der Waals surface area contributed by atoms with Crippen molar-refractivity contribution in [3.8, 4) is 5.75 Å². The highest BCUT2D eigenvalue weighted by Crippen LogP contribution is 2.39. The van der Waals surface area contributed by atoms with E-state index in [9.17, 15) is 9.59 Å². The van der Waals surface area contributed by atoms with Crippen molar-refractivity contribution in [2.24, 2.45) is 11.8 Å². The Morgan fingerprint density at radius 2 is 2.18 bits per heavy atom. The number of carbonyl (C=O) groups is 2. The van der Waals surface area contributed by atoms with E-state index >= 15 is 0 Å². The first-order valence-corrected chi connectivity index (χ1v) is 5.29. The molecule has 1 aliphatic carbocycles. The predicted octanol–water partition coefficient (Wildman–Crippen LogP) is 1.35. The van der Waals surface area contributed by atoms with E-state index in [2.05, 4.69) is 5.32 Å². The minimum Gasteiger partial charge on any atom is -0.497 e. The first-order valence-electron chi connectivity index (χ1n) is 5.29. The number of hydrogen-bond acceptors (Lipinski definition) is 3. The van der Waals surface area contributed by atoms with Gasteiger partial charge in [0, 0.05) is 11.8 Å². The van der Waals surface area contributed by atoms with Crippen LogP contribution in [0.15, 0.2) is 24.3 Å². The molecule has 1 aromatic rings. The summed E-state index contributed by atoms with van der Waals surface area (Å²) in [5, 5.41) is 11.4. The Balaban J connectivity index is 1.97. The zero-order valence-corrected chi connectivity index (χ0v) is 9.34. The summed E-state index contributed by atoms with van der Waals surface area (Å²) in [4.78, 5) is 22.3. The van der Waals surface area contributed by atoms with Gasteiger partial charge < -0.3 is 15.2 Å². The summed E-state index contributed by atoms with van der Waals surface area (Å²) in [5.41, 5.74) is 0.616. The van der Waals surface area contributed by atoms with E-state index in [1.165, 1.54) is 0 Å². The van der Waals surface area contributed by atoms with E-state index in [4.69, 9.17) is 9.84 Å². The molecule has 2 N–H and O–H groups in total. The van der Waals surface area contributed by atoms with Crippen LogP contribution in [0, 0.1) is 11.8 Å². The molecule has 1 fully saturated rings. The van der Waals surface area contributed by atoms with E-state index in [-0.39, 0.29) is 5.91 Å². The van der Waals surface area contributed by atoms with Crippen molar-refractivity contribution in [3.63, 3.8) is 0 Å². The van der Waals surface area contributed by atoms with Gasteiger partial charge in [0.25, 0.3) is 0 Å². The number of ether oxygens (including phenoxy) is 1. The van der Waals surface area contributed by atoms with E-state index in [1.54, 1.807) is 31.4 Å². The lowest BCUT2D eigenvalue weighted by molar-refractivity contribution is -0.139. The van der Waals surface area contributed by atoms with Crippen LogP contribution in [0.25, 0.3) is 0 Å². The lowest BCUT2D eigenvalue weighted by atomic mass is 10.2. The second-order valence-electron chi connectivity index (χ2n) is 4.01. The van der Waals surface area contributed by atoms with Crippen LogP contribution >= 0.6 is 0 Å². The molecule has 17 heavy (non-hydrogen) atoms. The quantitative estimate of drug-likeness (QED) is 0.826. The number of amides is 1. The van der Waals surface area contributed by atoms with Gasteiger partial charge in [-0.05, 0) is 18.6 Å². The standard InChI is InChI=1S/C12H13NO4/c1-17-8-4-2-3-7(5-8)13-11(14)9-6-10(9)12(15)16/h2-5,9-10H,6H2,1H3,(H,13,14)(H,15,16). The molecule has 0 bridgehead atoms. The molecule has 1 saturated carbocycles. The smallest absolute Gasteiger partial charge is 0.307 e. The van der Waals surface area contributed by atoms with Crippen LogP contribution in [0.5, 0.6) is 5.75 Å². The summed E-state index contributed by atoms with van der Waals surface area (Å²) in [5.74, 6) is -1.44. The number of carboxylic acids is 1. The molecule has 0 saturated heterocycles. The molecule has 0 heterocycles. The third-order valence-corrected chi connectivity index (χ3v) is 2.78. The number of rotatable bonds is 4. The zero-order chi connectivity index (χ0) is 12.4. The van der Waals surface area contributed by atoms with Crippen LogP contribution in [0.1, 0.15) is 6.42 Å². The van der Waals surface area contributed by atoms with Crippen molar-refractivity contribution in [2.75, 3.05) is 12.4 Å². The molecule has 2 unspecified atom stereocenters. The Labute approximate surface area is 98.4 Å². The number of anilines is 1. The van der Waals surface area contributed by atoms with Crippen molar-refractivity contribution in [1.82, 2.24) is 0 Å². The molecule has 2 atom stereocenters. The van der Waals surface area contributed by atoms with Gasteiger partial charge in [-0.2, -0.15) is 0 Å². The van der Waals surface area contributed by atoms with Gasteiger partial charge in [0.05, 0.1) is 18.9 Å². The SMILES string of the molecule is COc1cccc(NC(=O)C2CC2C(=O)O)c1. The summed E-state index contributed by atoms with van der Waals surface area (Å²) in [6.45, 7) is 0. The molecule has 0 aliphatic heterocycles. The molecular weight excluding hydrogens is 222 g/mol. The first kappa shape index (κ1) is 11.4. The maximum absolute atomic E-state index is 11.7. The zero-order valence-electron chi connectivity index (χ0n) is 9.34. The largest absolute Gasteiger partial charge is 0.497 e. The average molecular weight is 235 g/mol. The Bertz CT molecular complexity index is 458. The van der Waals surface area contributed by atoms with Crippen molar-refractivity contribution in [3.05, 3.63) is 24.3 Å². The highest BCUT2D eigenvalue weighted by atomic mass is 16.5.